The Hall–Kier alpha value is -3.42. The van der Waals surface area contributed by atoms with Gasteiger partial charge in [-0.2, -0.15) is 0 Å². The number of hydrogen-bond acceptors (Lipinski definition) is 6. The van der Waals surface area contributed by atoms with Gasteiger partial charge in [-0.15, -0.1) is 0 Å². The zero-order valence-corrected chi connectivity index (χ0v) is 17.8. The number of benzene rings is 2. The third-order valence-electron chi connectivity index (χ3n) is 4.95. The first-order valence-corrected chi connectivity index (χ1v) is 9.66. The van der Waals surface area contributed by atoms with E-state index in [1.165, 1.54) is 21.3 Å². The van der Waals surface area contributed by atoms with Crippen molar-refractivity contribution >= 4 is 23.2 Å². The Kier molecular flexibility index (Phi) is 6.34. The average Bonchev–Trinajstić information content (AvgIpc) is 2.74. The summed E-state index contributed by atoms with van der Waals surface area (Å²) in [6, 6.07) is 10.6. The molecule has 0 aromatic heterocycles. The molecule has 30 heavy (non-hydrogen) atoms. The molecule has 2 amide bonds. The van der Waals surface area contributed by atoms with Crippen LogP contribution in [-0.4, -0.2) is 50.8 Å². The van der Waals surface area contributed by atoms with Crippen LogP contribution in [-0.2, 0) is 4.79 Å². The van der Waals surface area contributed by atoms with Crippen molar-refractivity contribution in [3.63, 3.8) is 0 Å². The molecule has 160 valence electrons. The second-order valence-corrected chi connectivity index (χ2v) is 7.27. The number of para-hydroxylation sites is 1. The quantitative estimate of drug-likeness (QED) is 0.725. The molecular formula is C22H27N3O5. The summed E-state index contributed by atoms with van der Waals surface area (Å²) < 4.78 is 16.0. The van der Waals surface area contributed by atoms with E-state index in [4.69, 9.17) is 14.2 Å². The van der Waals surface area contributed by atoms with Gasteiger partial charge in [0.25, 0.3) is 5.91 Å². The molecule has 0 radical (unpaired) electrons. The molecule has 3 rings (SSSR count). The fraction of sp³-hybridized carbons (Fsp3) is 0.364. The maximum Gasteiger partial charge on any atom is 0.258 e. The van der Waals surface area contributed by atoms with E-state index < -0.39 is 0 Å². The Bertz CT molecular complexity index is 919. The molecule has 0 bridgehead atoms. The Morgan fingerprint density at radius 1 is 1.10 bits per heavy atom. The van der Waals surface area contributed by atoms with Crippen molar-refractivity contribution in [1.82, 2.24) is 4.90 Å². The van der Waals surface area contributed by atoms with E-state index in [-0.39, 0.29) is 30.4 Å². The fourth-order valence-electron chi connectivity index (χ4n) is 3.52. The van der Waals surface area contributed by atoms with Crippen molar-refractivity contribution in [2.75, 3.05) is 38.5 Å². The zero-order chi connectivity index (χ0) is 21.8. The SMILES string of the molecule is COc1cc(NC(=O)CN2C(=O)c3ccccc3N[C@@H]2C(C)C)cc(OC)c1OC. The molecule has 1 aliphatic rings. The maximum absolute atomic E-state index is 13.1. The van der Waals surface area contributed by atoms with Crippen molar-refractivity contribution in [2.45, 2.75) is 20.0 Å². The summed E-state index contributed by atoms with van der Waals surface area (Å²) in [6.07, 6.45) is -0.293. The van der Waals surface area contributed by atoms with E-state index in [0.29, 0.717) is 28.5 Å². The Morgan fingerprint density at radius 2 is 1.73 bits per heavy atom. The molecular weight excluding hydrogens is 386 g/mol. The average molecular weight is 413 g/mol. The summed E-state index contributed by atoms with van der Waals surface area (Å²) in [7, 11) is 4.52. The molecule has 0 fully saturated rings. The summed E-state index contributed by atoms with van der Waals surface area (Å²) in [5.74, 6) is 0.891. The number of carbonyl (C=O) groups is 2. The van der Waals surface area contributed by atoms with Crippen LogP contribution < -0.4 is 24.8 Å². The molecule has 0 unspecified atom stereocenters. The topological polar surface area (TPSA) is 89.1 Å². The minimum Gasteiger partial charge on any atom is -0.493 e. The van der Waals surface area contributed by atoms with E-state index >= 15 is 0 Å². The largest absolute Gasteiger partial charge is 0.493 e. The van der Waals surface area contributed by atoms with Crippen LogP contribution in [0.5, 0.6) is 17.2 Å². The number of ether oxygens (including phenoxy) is 3. The summed E-state index contributed by atoms with van der Waals surface area (Å²) >= 11 is 0. The van der Waals surface area contributed by atoms with Gasteiger partial charge in [-0.25, -0.2) is 0 Å². The van der Waals surface area contributed by atoms with Crippen molar-refractivity contribution in [2.24, 2.45) is 5.92 Å². The maximum atomic E-state index is 13.1. The third kappa shape index (κ3) is 4.12. The number of amides is 2. The smallest absolute Gasteiger partial charge is 0.258 e. The molecule has 0 spiro atoms. The zero-order valence-electron chi connectivity index (χ0n) is 17.8. The number of rotatable bonds is 7. The number of methoxy groups -OCH3 is 3. The molecule has 2 N–H and O–H groups in total. The van der Waals surface area contributed by atoms with Crippen LogP contribution in [0.4, 0.5) is 11.4 Å². The number of fused-ring (bicyclic) bond motifs is 1. The van der Waals surface area contributed by atoms with Crippen LogP contribution in [0, 0.1) is 5.92 Å². The van der Waals surface area contributed by atoms with E-state index in [2.05, 4.69) is 10.6 Å². The lowest BCUT2D eigenvalue weighted by Gasteiger charge is -2.39. The lowest BCUT2D eigenvalue weighted by atomic mass is 10.0. The Morgan fingerprint density at radius 3 is 2.30 bits per heavy atom. The summed E-state index contributed by atoms with van der Waals surface area (Å²) in [5.41, 5.74) is 1.81. The van der Waals surface area contributed by atoms with Crippen LogP contribution >= 0.6 is 0 Å². The van der Waals surface area contributed by atoms with Gasteiger partial charge in [0.05, 0.1) is 26.9 Å². The normalized spacial score (nSPS) is 15.3. The summed E-state index contributed by atoms with van der Waals surface area (Å²) in [6.45, 7) is 3.91. The van der Waals surface area contributed by atoms with Crippen LogP contribution in [0.15, 0.2) is 36.4 Å². The monoisotopic (exact) mass is 413 g/mol. The molecule has 1 heterocycles. The van der Waals surface area contributed by atoms with Crippen molar-refractivity contribution < 1.29 is 23.8 Å². The van der Waals surface area contributed by atoms with Crippen LogP contribution in [0.3, 0.4) is 0 Å². The number of nitrogens with one attached hydrogen (secondary N) is 2. The number of hydrogen-bond donors (Lipinski definition) is 2. The van der Waals surface area contributed by atoms with E-state index in [0.717, 1.165) is 5.69 Å². The van der Waals surface area contributed by atoms with E-state index in [1.807, 2.05) is 32.0 Å². The highest BCUT2D eigenvalue weighted by atomic mass is 16.5. The predicted octanol–water partition coefficient (Wildman–Crippen LogP) is 3.20. The number of nitrogens with zero attached hydrogens (tertiary/aromatic N) is 1. The molecule has 8 heteroatoms. The molecule has 2 aromatic rings. The first-order chi connectivity index (χ1) is 14.4. The van der Waals surface area contributed by atoms with Crippen LogP contribution in [0.1, 0.15) is 24.2 Å². The van der Waals surface area contributed by atoms with Gasteiger partial charge >= 0.3 is 0 Å². The lowest BCUT2D eigenvalue weighted by molar-refractivity contribution is -0.117. The first kappa shape index (κ1) is 21.3. The van der Waals surface area contributed by atoms with Gasteiger partial charge in [0.2, 0.25) is 11.7 Å². The molecule has 2 aromatic carbocycles. The third-order valence-corrected chi connectivity index (χ3v) is 4.95. The van der Waals surface area contributed by atoms with Crippen molar-refractivity contribution in [3.05, 3.63) is 42.0 Å². The van der Waals surface area contributed by atoms with Crippen LogP contribution in [0.2, 0.25) is 0 Å². The molecule has 8 nitrogen and oxygen atoms in total. The van der Waals surface area contributed by atoms with Gasteiger partial charge in [0, 0.05) is 23.5 Å². The Balaban J connectivity index is 1.82. The number of anilines is 2. The predicted molar refractivity (Wildman–Crippen MR) is 114 cm³/mol. The molecule has 0 aliphatic carbocycles. The minimum atomic E-state index is -0.329. The van der Waals surface area contributed by atoms with Gasteiger partial charge in [-0.05, 0) is 18.1 Å². The summed E-state index contributed by atoms with van der Waals surface area (Å²) in [4.78, 5) is 27.4. The second kappa shape index (κ2) is 8.94. The Labute approximate surface area is 176 Å². The molecule has 0 saturated heterocycles. The lowest BCUT2D eigenvalue weighted by Crippen LogP contribution is -2.53. The molecule has 1 aliphatic heterocycles. The first-order valence-electron chi connectivity index (χ1n) is 9.66. The standard InChI is InChI=1S/C22H27N3O5/c1-13(2)21-24-16-9-7-6-8-15(16)22(27)25(21)12-19(26)23-14-10-17(28-3)20(30-5)18(11-14)29-4/h6-11,13,21,24H,12H2,1-5H3,(H,23,26)/t21-/m0/s1. The summed E-state index contributed by atoms with van der Waals surface area (Å²) in [5, 5.41) is 6.18. The molecule has 1 atom stereocenters. The van der Waals surface area contributed by atoms with Gasteiger partial charge in [-0.3, -0.25) is 9.59 Å². The number of carbonyl (C=O) groups excluding carboxylic acids is 2. The van der Waals surface area contributed by atoms with Crippen LogP contribution in [0.25, 0.3) is 0 Å². The van der Waals surface area contributed by atoms with Crippen molar-refractivity contribution in [3.8, 4) is 17.2 Å². The fourth-order valence-corrected chi connectivity index (χ4v) is 3.52. The molecule has 0 saturated carbocycles. The minimum absolute atomic E-state index is 0.0975. The van der Waals surface area contributed by atoms with Gasteiger partial charge in [-0.1, -0.05) is 26.0 Å². The van der Waals surface area contributed by atoms with E-state index in [9.17, 15) is 9.59 Å². The highest BCUT2D eigenvalue weighted by Gasteiger charge is 2.34. The second-order valence-electron chi connectivity index (χ2n) is 7.27. The highest BCUT2D eigenvalue weighted by molar-refractivity contribution is 6.04. The van der Waals surface area contributed by atoms with E-state index in [1.54, 1.807) is 23.1 Å². The van der Waals surface area contributed by atoms with Gasteiger partial charge in [0.1, 0.15) is 12.7 Å². The highest BCUT2D eigenvalue weighted by Crippen LogP contribution is 2.40. The van der Waals surface area contributed by atoms with Crippen molar-refractivity contribution in [1.29, 1.82) is 0 Å². The van der Waals surface area contributed by atoms with Gasteiger partial charge < -0.3 is 29.7 Å². The van der Waals surface area contributed by atoms with Gasteiger partial charge in [0.15, 0.2) is 11.5 Å².